The number of hydrogen-bond acceptors (Lipinski definition) is 4. The van der Waals surface area contributed by atoms with Gasteiger partial charge in [-0.05, 0) is 12.8 Å². The van der Waals surface area contributed by atoms with Crippen molar-refractivity contribution in [3.05, 3.63) is 0 Å². The number of rotatable bonds is 2. The first-order chi connectivity index (χ1) is 5.09. The Bertz CT molecular complexity index is 129. The van der Waals surface area contributed by atoms with Gasteiger partial charge in [-0.3, -0.25) is 9.11 Å². The van der Waals surface area contributed by atoms with Gasteiger partial charge in [-0.15, -0.1) is 0 Å². The highest BCUT2D eigenvalue weighted by molar-refractivity contribution is 8.21. The summed E-state index contributed by atoms with van der Waals surface area (Å²) in [7, 11) is -2.67. The zero-order valence-corrected chi connectivity index (χ0v) is 7.69. The molecule has 0 bridgehead atoms. The molecule has 2 atom stereocenters. The Morgan fingerprint density at radius 3 is 1.73 bits per heavy atom. The van der Waals surface area contributed by atoms with Gasteiger partial charge < -0.3 is 0 Å². The van der Waals surface area contributed by atoms with Gasteiger partial charge in [0.2, 0.25) is 0 Å². The van der Waals surface area contributed by atoms with Crippen molar-refractivity contribution in [2.24, 2.45) is 0 Å². The van der Waals surface area contributed by atoms with Gasteiger partial charge in [-0.1, -0.05) is 24.8 Å². The molecule has 0 aromatic rings. The minimum Gasteiger partial charge on any atom is -0.273 e. The van der Waals surface area contributed by atoms with Gasteiger partial charge in [-0.2, -0.15) is 0 Å². The van der Waals surface area contributed by atoms with Crippen LogP contribution in [0.25, 0.3) is 0 Å². The smallest absolute Gasteiger partial charge is 0.0440 e. The summed E-state index contributed by atoms with van der Waals surface area (Å²) in [5.41, 5.74) is 0. The van der Waals surface area contributed by atoms with Crippen LogP contribution in [0.4, 0.5) is 0 Å². The fourth-order valence-electron chi connectivity index (χ4n) is 1.36. The van der Waals surface area contributed by atoms with Crippen molar-refractivity contribution in [3.8, 4) is 0 Å². The van der Waals surface area contributed by atoms with E-state index >= 15 is 0 Å². The molecule has 1 aliphatic rings. The van der Waals surface area contributed by atoms with E-state index in [9.17, 15) is 9.11 Å². The molecule has 1 aliphatic heterocycles. The quantitative estimate of drug-likeness (QED) is 0.517. The Balaban J connectivity index is 2.55. The summed E-state index contributed by atoms with van der Waals surface area (Å²) < 4.78 is 24.0. The fraction of sp³-hybridized carbons (Fsp3) is 1.00. The van der Waals surface area contributed by atoms with Gasteiger partial charge in [0.1, 0.15) is 0 Å². The summed E-state index contributed by atoms with van der Waals surface area (Å²) in [5, 5.41) is 0. The summed E-state index contributed by atoms with van der Waals surface area (Å²) in [5.74, 6) is 0. The summed E-state index contributed by atoms with van der Waals surface area (Å²) in [6.45, 7) is 4.06. The second-order valence-corrected chi connectivity index (χ2v) is 4.38. The van der Waals surface area contributed by atoms with Crippen LogP contribution in [0.5, 0.6) is 0 Å². The van der Waals surface area contributed by atoms with Crippen molar-refractivity contribution >= 4 is 11.0 Å². The lowest BCUT2D eigenvalue weighted by Crippen LogP contribution is -2.31. The van der Waals surface area contributed by atoms with Crippen LogP contribution in [-0.4, -0.2) is 21.2 Å². The third-order valence-electron chi connectivity index (χ3n) is 2.00. The molecule has 5 heteroatoms. The fourth-order valence-corrected chi connectivity index (χ4v) is 2.93. The van der Waals surface area contributed by atoms with Crippen molar-refractivity contribution in [1.29, 1.82) is 0 Å². The highest BCUT2D eigenvalue weighted by Gasteiger charge is 2.33. The SMILES string of the molecule is CCC1NS(O)(O)NC1CC. The van der Waals surface area contributed by atoms with Gasteiger partial charge in [0.25, 0.3) is 0 Å². The molecule has 0 radical (unpaired) electrons. The Kier molecular flexibility index (Phi) is 2.77. The molecule has 68 valence electrons. The molecule has 4 nitrogen and oxygen atoms in total. The third-order valence-corrected chi connectivity index (χ3v) is 3.26. The average molecular weight is 180 g/mol. The van der Waals surface area contributed by atoms with Crippen LogP contribution in [0.15, 0.2) is 0 Å². The van der Waals surface area contributed by atoms with Crippen molar-refractivity contribution in [3.63, 3.8) is 0 Å². The molecular weight excluding hydrogens is 164 g/mol. The van der Waals surface area contributed by atoms with Crippen LogP contribution in [-0.2, 0) is 0 Å². The van der Waals surface area contributed by atoms with E-state index in [0.29, 0.717) is 0 Å². The predicted octanol–water partition coefficient (Wildman–Crippen LogP) is 1.32. The van der Waals surface area contributed by atoms with Gasteiger partial charge in [0.15, 0.2) is 0 Å². The monoisotopic (exact) mass is 180 g/mol. The number of nitrogens with one attached hydrogen (secondary N) is 2. The molecule has 2 unspecified atom stereocenters. The van der Waals surface area contributed by atoms with Gasteiger partial charge in [-0.25, -0.2) is 9.44 Å². The Morgan fingerprint density at radius 2 is 1.45 bits per heavy atom. The minimum atomic E-state index is -2.67. The summed E-state index contributed by atoms with van der Waals surface area (Å²) in [6, 6.07) is 0.398. The molecule has 0 amide bonds. The lowest BCUT2D eigenvalue weighted by molar-refractivity contribution is 0.469. The summed E-state index contributed by atoms with van der Waals surface area (Å²) >= 11 is 0. The molecule has 0 aliphatic carbocycles. The van der Waals surface area contributed by atoms with Crippen LogP contribution in [0.1, 0.15) is 26.7 Å². The molecule has 0 aromatic carbocycles. The molecule has 0 aromatic heterocycles. The van der Waals surface area contributed by atoms with Crippen LogP contribution >= 0.6 is 11.0 Å². The first kappa shape index (κ1) is 9.28. The van der Waals surface area contributed by atoms with Gasteiger partial charge in [0, 0.05) is 12.1 Å². The van der Waals surface area contributed by atoms with E-state index in [4.69, 9.17) is 0 Å². The molecular formula is C6H16N2O2S. The Morgan fingerprint density at radius 1 is 1.09 bits per heavy atom. The first-order valence-electron chi connectivity index (χ1n) is 3.91. The largest absolute Gasteiger partial charge is 0.273 e. The standard InChI is InChI=1S/C6H16N2O2S/c1-3-5-6(4-2)8-11(9,10)7-5/h5-10H,3-4H2,1-2H3. The molecule has 1 saturated heterocycles. The molecule has 4 N–H and O–H groups in total. The van der Waals surface area contributed by atoms with Gasteiger partial charge in [0.05, 0.1) is 0 Å². The van der Waals surface area contributed by atoms with Crippen LogP contribution < -0.4 is 9.44 Å². The van der Waals surface area contributed by atoms with Crippen LogP contribution in [0.2, 0.25) is 0 Å². The van der Waals surface area contributed by atoms with E-state index in [1.165, 1.54) is 0 Å². The van der Waals surface area contributed by atoms with Gasteiger partial charge >= 0.3 is 0 Å². The first-order valence-corrected chi connectivity index (χ1v) is 5.46. The number of hydrogen-bond donors (Lipinski definition) is 4. The second kappa shape index (κ2) is 3.28. The highest BCUT2D eigenvalue weighted by Crippen LogP contribution is 2.37. The maximum Gasteiger partial charge on any atom is 0.0440 e. The second-order valence-electron chi connectivity index (χ2n) is 2.81. The van der Waals surface area contributed by atoms with E-state index in [-0.39, 0.29) is 12.1 Å². The summed E-state index contributed by atoms with van der Waals surface area (Å²) in [6.07, 6.45) is 1.84. The molecule has 0 spiro atoms. The van der Waals surface area contributed by atoms with E-state index in [0.717, 1.165) is 12.8 Å². The predicted molar refractivity (Wildman–Crippen MR) is 47.3 cm³/mol. The molecule has 1 heterocycles. The van der Waals surface area contributed by atoms with E-state index in [1.54, 1.807) is 0 Å². The molecule has 1 rings (SSSR count). The van der Waals surface area contributed by atoms with E-state index in [1.807, 2.05) is 13.8 Å². The zero-order chi connectivity index (χ0) is 8.48. The maximum atomic E-state index is 9.21. The molecule has 11 heavy (non-hydrogen) atoms. The lowest BCUT2D eigenvalue weighted by atomic mass is 10.1. The van der Waals surface area contributed by atoms with E-state index < -0.39 is 11.0 Å². The molecule has 1 fully saturated rings. The third kappa shape index (κ3) is 2.07. The Labute approximate surface area is 69.0 Å². The normalized spacial score (nSPS) is 38.9. The molecule has 0 saturated carbocycles. The van der Waals surface area contributed by atoms with E-state index in [2.05, 4.69) is 9.44 Å². The zero-order valence-electron chi connectivity index (χ0n) is 6.87. The Hall–Kier alpha value is 0.190. The van der Waals surface area contributed by atoms with Crippen molar-refractivity contribution in [2.45, 2.75) is 38.8 Å². The highest BCUT2D eigenvalue weighted by atomic mass is 32.3. The lowest BCUT2D eigenvalue weighted by Gasteiger charge is -2.26. The maximum absolute atomic E-state index is 9.21. The van der Waals surface area contributed by atoms with Crippen LogP contribution in [0.3, 0.4) is 0 Å². The van der Waals surface area contributed by atoms with Crippen molar-refractivity contribution in [1.82, 2.24) is 9.44 Å². The topological polar surface area (TPSA) is 64.5 Å². The van der Waals surface area contributed by atoms with Crippen LogP contribution in [0, 0.1) is 0 Å². The van der Waals surface area contributed by atoms with Crippen molar-refractivity contribution < 1.29 is 9.11 Å². The average Bonchev–Trinajstić information content (AvgIpc) is 2.25. The van der Waals surface area contributed by atoms with Crippen molar-refractivity contribution in [2.75, 3.05) is 0 Å². The summed E-state index contributed by atoms with van der Waals surface area (Å²) in [4.78, 5) is 0. The minimum absolute atomic E-state index is 0.199.